The van der Waals surface area contributed by atoms with E-state index in [1.54, 1.807) is 0 Å². The van der Waals surface area contributed by atoms with Crippen LogP contribution in [0.1, 0.15) is 36.8 Å². The van der Waals surface area contributed by atoms with Crippen molar-refractivity contribution in [3.05, 3.63) is 72.1 Å². The van der Waals surface area contributed by atoms with E-state index >= 15 is 0 Å². The molecule has 1 aromatic heterocycles. The topological polar surface area (TPSA) is 123 Å². The zero-order chi connectivity index (χ0) is 33.0. The maximum Gasteiger partial charge on any atom is 0.419 e. The molecule has 0 aliphatic carbocycles. The molecular formula is C32H37F3N8O3S. The average molecular weight is 671 g/mol. The molecule has 3 aliphatic rings. The van der Waals surface area contributed by atoms with Crippen LogP contribution in [0.25, 0.3) is 0 Å². The number of benzene rings is 2. The van der Waals surface area contributed by atoms with Crippen molar-refractivity contribution in [2.75, 3.05) is 54.8 Å². The Bertz CT molecular complexity index is 1580. The maximum atomic E-state index is 13.4. The van der Waals surface area contributed by atoms with E-state index in [0.29, 0.717) is 38.8 Å². The summed E-state index contributed by atoms with van der Waals surface area (Å²) >= 11 is 0. The van der Waals surface area contributed by atoms with Crippen LogP contribution in [0.15, 0.2) is 65.8 Å². The lowest BCUT2D eigenvalue weighted by molar-refractivity contribution is -0.138. The first-order chi connectivity index (χ1) is 22.6. The molecule has 15 heteroatoms. The number of aromatic nitrogens is 2. The number of nitrogens with zero attached hydrogens (tertiary/aromatic N) is 5. The van der Waals surface area contributed by atoms with Crippen LogP contribution >= 0.6 is 0 Å². The number of halogens is 3. The molecule has 3 aromatic rings. The van der Waals surface area contributed by atoms with Gasteiger partial charge in [-0.2, -0.15) is 13.2 Å². The van der Waals surface area contributed by atoms with Gasteiger partial charge in [0.05, 0.1) is 10.5 Å². The minimum atomic E-state index is -4.48. The van der Waals surface area contributed by atoms with Crippen molar-refractivity contribution in [3.8, 4) is 0 Å². The maximum absolute atomic E-state index is 13.4. The van der Waals surface area contributed by atoms with Gasteiger partial charge in [0.2, 0.25) is 17.8 Å². The van der Waals surface area contributed by atoms with Crippen molar-refractivity contribution in [1.29, 1.82) is 0 Å². The van der Waals surface area contributed by atoms with E-state index in [1.807, 2.05) is 46.8 Å². The van der Waals surface area contributed by atoms with Crippen LogP contribution in [-0.2, 0) is 33.3 Å². The van der Waals surface area contributed by atoms with Gasteiger partial charge < -0.3 is 15.5 Å². The van der Waals surface area contributed by atoms with Crippen LogP contribution in [0.5, 0.6) is 0 Å². The van der Waals surface area contributed by atoms with E-state index in [9.17, 15) is 27.0 Å². The number of carbonyl (C=O) groups excluding carboxylic acids is 2. The predicted molar refractivity (Wildman–Crippen MR) is 172 cm³/mol. The lowest BCUT2D eigenvalue weighted by Gasteiger charge is -2.36. The molecule has 3 N–H and O–H groups in total. The second-order valence-corrected chi connectivity index (χ2v) is 13.5. The van der Waals surface area contributed by atoms with Crippen molar-refractivity contribution in [3.63, 3.8) is 0 Å². The average Bonchev–Trinajstić information content (AvgIpc) is 3.07. The fraction of sp³-hybridized carbons (Fsp3) is 0.438. The van der Waals surface area contributed by atoms with E-state index in [4.69, 9.17) is 0 Å². The Labute approximate surface area is 273 Å². The number of anilines is 3. The van der Waals surface area contributed by atoms with Gasteiger partial charge in [-0.1, -0.05) is 12.1 Å². The molecule has 0 radical (unpaired) electrons. The highest BCUT2D eigenvalue weighted by Gasteiger charge is 2.32. The van der Waals surface area contributed by atoms with Crippen molar-refractivity contribution in [2.24, 2.45) is 0 Å². The molecule has 0 bridgehead atoms. The first-order valence-corrected chi connectivity index (χ1v) is 16.8. The van der Waals surface area contributed by atoms with E-state index in [1.165, 1.54) is 0 Å². The molecule has 3 aliphatic heterocycles. The standard InChI is InChI=1S/C32H37F3N8O3S/c33-32(34,35)23-19-36-31(37-20-23)39-25-10-12-43(13-11-25)47(46)27-3-1-2-22(18-27)21-41-14-16-42(17-15-41)26-6-4-24(5-7-26)38-28-8-9-29(44)40-30(28)45/h1-7,18-20,25,28,38H,8-17,21H2,(H,36,37,39)(H,40,44,45). The molecule has 47 heavy (non-hydrogen) atoms. The molecule has 0 saturated carbocycles. The highest BCUT2D eigenvalue weighted by molar-refractivity contribution is 7.82. The Morgan fingerprint density at radius 2 is 1.60 bits per heavy atom. The number of carbonyl (C=O) groups is 2. The number of alkyl halides is 3. The summed E-state index contributed by atoms with van der Waals surface area (Å²) in [6.07, 6.45) is -0.776. The Morgan fingerprint density at radius 1 is 0.894 bits per heavy atom. The quantitative estimate of drug-likeness (QED) is 0.293. The van der Waals surface area contributed by atoms with Crippen molar-refractivity contribution < 1.29 is 27.0 Å². The zero-order valence-corrected chi connectivity index (χ0v) is 26.5. The Hall–Kier alpha value is -4.08. The van der Waals surface area contributed by atoms with Gasteiger partial charge in [-0.25, -0.2) is 18.5 Å². The number of amides is 2. The SMILES string of the molecule is O=C1CCC(Nc2ccc(N3CCN(Cc4cccc(S(=O)N5CCC(Nc6ncc(C(F)(F)F)cn6)CC5)c4)CC3)cc2)C(=O)N1. The Morgan fingerprint density at radius 3 is 2.26 bits per heavy atom. The highest BCUT2D eigenvalue weighted by atomic mass is 32.2. The second-order valence-electron chi connectivity index (χ2n) is 12.0. The Balaban J connectivity index is 0.948. The summed E-state index contributed by atoms with van der Waals surface area (Å²) < 4.78 is 53.7. The van der Waals surface area contributed by atoms with E-state index in [2.05, 4.69) is 41.8 Å². The summed E-state index contributed by atoms with van der Waals surface area (Å²) in [6.45, 7) is 5.40. The molecule has 2 atom stereocenters. The zero-order valence-electron chi connectivity index (χ0n) is 25.7. The number of piperazine rings is 1. The van der Waals surface area contributed by atoms with Crippen LogP contribution in [-0.4, -0.2) is 86.5 Å². The summed E-state index contributed by atoms with van der Waals surface area (Å²) in [6, 6.07) is 15.5. The summed E-state index contributed by atoms with van der Waals surface area (Å²) in [4.78, 5) is 36.5. The van der Waals surface area contributed by atoms with Crippen LogP contribution in [0.3, 0.4) is 0 Å². The predicted octanol–water partition coefficient (Wildman–Crippen LogP) is 3.63. The summed E-state index contributed by atoms with van der Waals surface area (Å²) in [5.74, 6) is -0.362. The third-order valence-corrected chi connectivity index (χ3v) is 10.2. The van der Waals surface area contributed by atoms with E-state index in [0.717, 1.165) is 67.0 Å². The molecule has 0 spiro atoms. The largest absolute Gasteiger partial charge is 0.419 e. The van der Waals surface area contributed by atoms with Crippen LogP contribution in [0.2, 0.25) is 0 Å². The van der Waals surface area contributed by atoms with Crippen molar-refractivity contribution in [1.82, 2.24) is 24.5 Å². The summed E-state index contributed by atoms with van der Waals surface area (Å²) in [5, 5.41) is 8.68. The summed E-state index contributed by atoms with van der Waals surface area (Å²) in [5.41, 5.74) is 2.17. The van der Waals surface area contributed by atoms with Crippen LogP contribution in [0, 0.1) is 0 Å². The van der Waals surface area contributed by atoms with Gasteiger partial charge in [0, 0.05) is 82.0 Å². The molecule has 2 unspecified atom stereocenters. The minimum absolute atomic E-state index is 0.0163. The van der Waals surface area contributed by atoms with Crippen molar-refractivity contribution in [2.45, 2.75) is 55.4 Å². The molecular weight excluding hydrogens is 633 g/mol. The number of hydrogen-bond donors (Lipinski definition) is 3. The molecule has 250 valence electrons. The smallest absolute Gasteiger partial charge is 0.374 e. The van der Waals surface area contributed by atoms with Gasteiger partial charge >= 0.3 is 6.18 Å². The molecule has 6 rings (SSSR count). The third kappa shape index (κ3) is 8.45. The van der Waals surface area contributed by atoms with E-state index in [-0.39, 0.29) is 23.8 Å². The van der Waals surface area contributed by atoms with Gasteiger partial charge in [0.15, 0.2) is 0 Å². The molecule has 3 fully saturated rings. The normalized spacial score (nSPS) is 20.9. The number of nitrogens with one attached hydrogen (secondary N) is 3. The summed E-state index contributed by atoms with van der Waals surface area (Å²) in [7, 11) is -1.32. The fourth-order valence-corrected chi connectivity index (χ4v) is 7.31. The number of piperidine rings is 2. The molecule has 4 heterocycles. The molecule has 3 saturated heterocycles. The van der Waals surface area contributed by atoms with Gasteiger partial charge in [-0.3, -0.25) is 19.8 Å². The minimum Gasteiger partial charge on any atom is -0.374 e. The fourth-order valence-electron chi connectivity index (χ4n) is 6.02. The molecule has 2 aromatic carbocycles. The molecule has 11 nitrogen and oxygen atoms in total. The number of imide groups is 1. The monoisotopic (exact) mass is 670 g/mol. The van der Waals surface area contributed by atoms with Crippen LogP contribution < -0.4 is 20.9 Å². The Kier molecular flexibility index (Phi) is 10.0. The van der Waals surface area contributed by atoms with Gasteiger partial charge in [-0.05, 0) is 61.2 Å². The van der Waals surface area contributed by atoms with Gasteiger partial charge in [-0.15, -0.1) is 0 Å². The van der Waals surface area contributed by atoms with E-state index < -0.39 is 28.8 Å². The van der Waals surface area contributed by atoms with Gasteiger partial charge in [0.1, 0.15) is 17.0 Å². The highest BCUT2D eigenvalue weighted by Crippen LogP contribution is 2.28. The first kappa shape index (κ1) is 32.8. The lowest BCUT2D eigenvalue weighted by atomic mass is 10.1. The number of hydrogen-bond acceptors (Lipinski definition) is 9. The first-order valence-electron chi connectivity index (χ1n) is 15.7. The van der Waals surface area contributed by atoms with Crippen molar-refractivity contribution >= 4 is 40.1 Å². The number of rotatable bonds is 9. The lowest BCUT2D eigenvalue weighted by Crippen LogP contribution is -2.47. The van der Waals surface area contributed by atoms with Gasteiger partial charge in [0.25, 0.3) is 0 Å². The third-order valence-electron chi connectivity index (χ3n) is 8.69. The van der Waals surface area contributed by atoms with Crippen LogP contribution in [0.4, 0.5) is 30.5 Å². The second kappa shape index (κ2) is 14.4. The molecule has 2 amide bonds.